The van der Waals surface area contributed by atoms with E-state index in [9.17, 15) is 14.4 Å². The largest absolute Gasteiger partial charge is 0.462 e. The van der Waals surface area contributed by atoms with Crippen LogP contribution < -0.4 is 10.2 Å². The Hall–Kier alpha value is -3.35. The lowest BCUT2D eigenvalue weighted by Crippen LogP contribution is -2.50. The molecule has 0 saturated carbocycles. The van der Waals surface area contributed by atoms with E-state index in [0.29, 0.717) is 29.0 Å². The third-order valence-electron chi connectivity index (χ3n) is 5.45. The topological polar surface area (TPSA) is 79.0 Å². The third kappa shape index (κ3) is 3.44. The SMILES string of the molecule is CCOC(=O)c1ccc(NC(=O)c2ccc3c(c2)N(C)C2CCCN2C3=O)cc1. The summed E-state index contributed by atoms with van der Waals surface area (Å²) < 4.78 is 4.96. The van der Waals surface area contributed by atoms with Gasteiger partial charge in [0.2, 0.25) is 0 Å². The zero-order valence-corrected chi connectivity index (χ0v) is 16.5. The fourth-order valence-corrected chi connectivity index (χ4v) is 3.96. The molecule has 1 saturated heterocycles. The number of ether oxygens (including phenoxy) is 1. The normalized spacial score (nSPS) is 17.6. The van der Waals surface area contributed by atoms with Crippen molar-refractivity contribution in [2.75, 3.05) is 30.4 Å². The van der Waals surface area contributed by atoms with Gasteiger partial charge in [0.25, 0.3) is 11.8 Å². The smallest absolute Gasteiger partial charge is 0.338 e. The molecule has 1 fully saturated rings. The summed E-state index contributed by atoms with van der Waals surface area (Å²) in [4.78, 5) is 41.1. The summed E-state index contributed by atoms with van der Waals surface area (Å²) in [6, 6.07) is 11.7. The molecule has 1 atom stereocenters. The van der Waals surface area contributed by atoms with Crippen LogP contribution in [0.15, 0.2) is 42.5 Å². The second-order valence-corrected chi connectivity index (χ2v) is 7.22. The van der Waals surface area contributed by atoms with Gasteiger partial charge < -0.3 is 19.9 Å². The number of nitrogens with zero attached hydrogens (tertiary/aromatic N) is 2. The van der Waals surface area contributed by atoms with E-state index in [2.05, 4.69) is 10.2 Å². The Morgan fingerprint density at radius 1 is 1.14 bits per heavy atom. The average molecular weight is 393 g/mol. The summed E-state index contributed by atoms with van der Waals surface area (Å²) >= 11 is 0. The molecule has 2 aliphatic heterocycles. The molecule has 1 unspecified atom stereocenters. The highest BCUT2D eigenvalue weighted by Crippen LogP contribution is 2.35. The zero-order chi connectivity index (χ0) is 20.5. The lowest BCUT2D eigenvalue weighted by atomic mass is 10.0. The summed E-state index contributed by atoms with van der Waals surface area (Å²) in [6.07, 6.45) is 1.98. The van der Waals surface area contributed by atoms with E-state index in [-0.39, 0.29) is 18.0 Å². The summed E-state index contributed by atoms with van der Waals surface area (Å²) in [6.45, 7) is 2.84. The molecule has 0 spiro atoms. The standard InChI is InChI=1S/C22H23N3O4/c1-3-29-22(28)14-6-9-16(10-7-14)23-20(26)15-8-11-17-18(13-15)24(2)19-5-4-12-25(19)21(17)27/h6-11,13,19H,3-5,12H2,1-2H3,(H,23,26). The molecule has 7 heteroatoms. The first-order valence-electron chi connectivity index (χ1n) is 9.76. The molecule has 0 aromatic heterocycles. The van der Waals surface area contributed by atoms with Crippen LogP contribution >= 0.6 is 0 Å². The van der Waals surface area contributed by atoms with Crippen LogP contribution in [0.5, 0.6) is 0 Å². The van der Waals surface area contributed by atoms with Gasteiger partial charge in [0.15, 0.2) is 0 Å². The molecular weight excluding hydrogens is 370 g/mol. The van der Waals surface area contributed by atoms with Crippen molar-refractivity contribution in [3.8, 4) is 0 Å². The van der Waals surface area contributed by atoms with Gasteiger partial charge in [-0.1, -0.05) is 0 Å². The molecule has 2 heterocycles. The van der Waals surface area contributed by atoms with E-state index in [4.69, 9.17) is 4.74 Å². The minimum atomic E-state index is -0.395. The predicted molar refractivity (Wildman–Crippen MR) is 109 cm³/mol. The van der Waals surface area contributed by atoms with E-state index in [1.54, 1.807) is 49.4 Å². The number of amides is 2. The quantitative estimate of drug-likeness (QED) is 0.808. The molecule has 7 nitrogen and oxygen atoms in total. The van der Waals surface area contributed by atoms with E-state index in [0.717, 1.165) is 25.1 Å². The van der Waals surface area contributed by atoms with Crippen molar-refractivity contribution in [1.29, 1.82) is 0 Å². The van der Waals surface area contributed by atoms with Crippen LogP contribution in [0, 0.1) is 0 Å². The van der Waals surface area contributed by atoms with E-state index >= 15 is 0 Å². The molecule has 1 N–H and O–H groups in total. The number of hydrogen-bond donors (Lipinski definition) is 1. The van der Waals surface area contributed by atoms with Crippen LogP contribution in [0.4, 0.5) is 11.4 Å². The molecule has 2 aromatic carbocycles. The van der Waals surface area contributed by atoms with Crippen LogP contribution in [0.25, 0.3) is 0 Å². The van der Waals surface area contributed by atoms with Crippen LogP contribution in [-0.4, -0.2) is 49.0 Å². The second-order valence-electron chi connectivity index (χ2n) is 7.22. The Labute approximate surface area is 169 Å². The maximum Gasteiger partial charge on any atom is 0.338 e. The van der Waals surface area contributed by atoms with Gasteiger partial charge in [0.1, 0.15) is 6.17 Å². The van der Waals surface area contributed by atoms with Gasteiger partial charge in [-0.3, -0.25) is 9.59 Å². The van der Waals surface area contributed by atoms with Crippen LogP contribution in [-0.2, 0) is 4.74 Å². The Morgan fingerprint density at radius 2 is 1.86 bits per heavy atom. The molecule has 2 aliphatic rings. The van der Waals surface area contributed by atoms with Crippen molar-refractivity contribution in [3.05, 3.63) is 59.2 Å². The molecule has 0 aliphatic carbocycles. The average Bonchev–Trinajstić information content (AvgIpc) is 3.23. The number of benzene rings is 2. The van der Waals surface area contributed by atoms with Crippen molar-refractivity contribution in [3.63, 3.8) is 0 Å². The molecule has 150 valence electrons. The Bertz CT molecular complexity index is 971. The first-order valence-corrected chi connectivity index (χ1v) is 9.76. The van der Waals surface area contributed by atoms with Crippen molar-refractivity contribution in [2.45, 2.75) is 25.9 Å². The Morgan fingerprint density at radius 3 is 2.59 bits per heavy atom. The number of hydrogen-bond acceptors (Lipinski definition) is 5. The fraction of sp³-hybridized carbons (Fsp3) is 0.318. The van der Waals surface area contributed by atoms with Gasteiger partial charge in [-0.25, -0.2) is 4.79 Å². The number of carbonyl (C=O) groups excluding carboxylic acids is 3. The number of rotatable bonds is 4. The Kier molecular flexibility index (Phi) is 4.96. The molecule has 2 amide bonds. The molecule has 0 radical (unpaired) electrons. The summed E-state index contributed by atoms with van der Waals surface area (Å²) in [5.41, 5.74) is 2.89. The third-order valence-corrected chi connectivity index (χ3v) is 5.45. The minimum absolute atomic E-state index is 0.0297. The number of carbonyl (C=O) groups is 3. The number of fused-ring (bicyclic) bond motifs is 2. The van der Waals surface area contributed by atoms with E-state index in [1.165, 1.54) is 0 Å². The lowest BCUT2D eigenvalue weighted by molar-refractivity contribution is 0.0526. The van der Waals surface area contributed by atoms with Crippen molar-refractivity contribution in [2.24, 2.45) is 0 Å². The number of esters is 1. The zero-order valence-electron chi connectivity index (χ0n) is 16.5. The van der Waals surface area contributed by atoms with Crippen molar-refractivity contribution in [1.82, 2.24) is 4.90 Å². The number of anilines is 2. The molecule has 29 heavy (non-hydrogen) atoms. The number of nitrogens with one attached hydrogen (secondary N) is 1. The maximum absolute atomic E-state index is 12.7. The summed E-state index contributed by atoms with van der Waals surface area (Å²) in [5.74, 6) is -0.637. The monoisotopic (exact) mass is 393 g/mol. The van der Waals surface area contributed by atoms with Gasteiger partial charge >= 0.3 is 5.97 Å². The lowest BCUT2D eigenvalue weighted by Gasteiger charge is -2.40. The first kappa shape index (κ1) is 19.0. The molecule has 0 bridgehead atoms. The minimum Gasteiger partial charge on any atom is -0.462 e. The van der Waals surface area contributed by atoms with Crippen molar-refractivity contribution >= 4 is 29.2 Å². The predicted octanol–water partition coefficient (Wildman–Crippen LogP) is 3.13. The fourth-order valence-electron chi connectivity index (χ4n) is 3.96. The van der Waals surface area contributed by atoms with Gasteiger partial charge in [-0.2, -0.15) is 0 Å². The second kappa shape index (κ2) is 7.58. The van der Waals surface area contributed by atoms with Gasteiger partial charge in [-0.15, -0.1) is 0 Å². The molecule has 4 rings (SSSR count). The van der Waals surface area contributed by atoms with Gasteiger partial charge in [0.05, 0.1) is 23.4 Å². The highest BCUT2D eigenvalue weighted by atomic mass is 16.5. The van der Waals surface area contributed by atoms with E-state index in [1.807, 2.05) is 11.9 Å². The van der Waals surface area contributed by atoms with E-state index < -0.39 is 5.97 Å². The molecule has 2 aromatic rings. The van der Waals surface area contributed by atoms with Gasteiger partial charge in [-0.05, 0) is 62.2 Å². The highest BCUT2D eigenvalue weighted by molar-refractivity contribution is 6.08. The van der Waals surface area contributed by atoms with Crippen LogP contribution in [0.3, 0.4) is 0 Å². The van der Waals surface area contributed by atoms with Crippen LogP contribution in [0.1, 0.15) is 50.8 Å². The molecular formula is C22H23N3O4. The maximum atomic E-state index is 12.7. The highest BCUT2D eigenvalue weighted by Gasteiger charge is 2.38. The van der Waals surface area contributed by atoms with Crippen molar-refractivity contribution < 1.29 is 19.1 Å². The first-order chi connectivity index (χ1) is 14.0. The summed E-state index contributed by atoms with van der Waals surface area (Å²) in [5, 5.41) is 2.83. The van der Waals surface area contributed by atoms with Crippen LogP contribution in [0.2, 0.25) is 0 Å². The Balaban J connectivity index is 1.52. The van der Waals surface area contributed by atoms with Gasteiger partial charge in [0, 0.05) is 24.8 Å². The summed E-state index contributed by atoms with van der Waals surface area (Å²) in [7, 11) is 1.96.